The van der Waals surface area contributed by atoms with E-state index in [0.717, 1.165) is 18.4 Å². The maximum atomic E-state index is 13.0. The molecule has 0 N–H and O–H groups in total. The second-order valence-corrected chi connectivity index (χ2v) is 5.17. The molecule has 96 valence electrons. The van der Waals surface area contributed by atoms with Crippen molar-refractivity contribution >= 4 is 27.7 Å². The predicted octanol–water partition coefficient (Wildman–Crippen LogP) is 3.02. The van der Waals surface area contributed by atoms with Gasteiger partial charge in [0.25, 0.3) is 0 Å². The van der Waals surface area contributed by atoms with Gasteiger partial charge in [0.2, 0.25) is 11.8 Å². The molecule has 2 amide bonds. The Morgan fingerprint density at radius 3 is 2.33 bits per heavy atom. The molecule has 18 heavy (non-hydrogen) atoms. The number of nitrogens with zero attached hydrogens (tertiary/aromatic N) is 1. The average Bonchev–Trinajstić information content (AvgIpc) is 2.47. The van der Waals surface area contributed by atoms with Crippen LogP contribution in [0.4, 0.5) is 4.39 Å². The van der Waals surface area contributed by atoms with Crippen LogP contribution in [0, 0.1) is 5.82 Å². The van der Waals surface area contributed by atoms with Crippen molar-refractivity contribution in [3.63, 3.8) is 0 Å². The number of amides is 2. The van der Waals surface area contributed by atoms with E-state index >= 15 is 0 Å². The molecule has 1 fully saturated rings. The maximum absolute atomic E-state index is 13.0. The molecule has 0 aliphatic carbocycles. The van der Waals surface area contributed by atoms with Crippen molar-refractivity contribution in [1.29, 1.82) is 0 Å². The second kappa shape index (κ2) is 5.61. The van der Waals surface area contributed by atoms with Crippen molar-refractivity contribution in [2.24, 2.45) is 0 Å². The highest BCUT2D eigenvalue weighted by molar-refractivity contribution is 9.10. The van der Waals surface area contributed by atoms with Crippen LogP contribution in [0.25, 0.3) is 0 Å². The van der Waals surface area contributed by atoms with Gasteiger partial charge in [-0.3, -0.25) is 14.5 Å². The Hall–Kier alpha value is -1.23. The molecule has 0 atom stereocenters. The van der Waals surface area contributed by atoms with E-state index < -0.39 is 0 Å². The summed E-state index contributed by atoms with van der Waals surface area (Å²) in [6.45, 7) is 0.207. The smallest absolute Gasteiger partial charge is 0.229 e. The van der Waals surface area contributed by atoms with Crippen molar-refractivity contribution in [3.8, 4) is 0 Å². The molecule has 1 aromatic rings. The van der Waals surface area contributed by atoms with E-state index in [1.165, 1.54) is 17.0 Å². The number of benzene rings is 1. The summed E-state index contributed by atoms with van der Waals surface area (Å²) in [4.78, 5) is 24.9. The lowest BCUT2D eigenvalue weighted by Gasteiger charge is -2.19. The molecule has 1 aromatic carbocycles. The molecule has 1 aliphatic rings. The van der Waals surface area contributed by atoms with E-state index in [4.69, 9.17) is 0 Å². The molecule has 0 saturated carbocycles. The second-order valence-electron chi connectivity index (χ2n) is 4.32. The Morgan fingerprint density at radius 1 is 1.17 bits per heavy atom. The normalized spacial score (nSPS) is 16.9. The molecule has 1 aliphatic heterocycles. The summed E-state index contributed by atoms with van der Waals surface area (Å²) in [7, 11) is 0. The zero-order chi connectivity index (χ0) is 13.1. The molecule has 0 bridgehead atoms. The van der Waals surface area contributed by atoms with Gasteiger partial charge in [0.05, 0.1) is 6.54 Å². The molecule has 1 heterocycles. The summed E-state index contributed by atoms with van der Waals surface area (Å²) >= 11 is 3.24. The molecule has 5 heteroatoms. The van der Waals surface area contributed by atoms with Gasteiger partial charge in [-0.1, -0.05) is 22.0 Å². The van der Waals surface area contributed by atoms with Gasteiger partial charge in [-0.2, -0.15) is 0 Å². The van der Waals surface area contributed by atoms with Gasteiger partial charge in [0.15, 0.2) is 0 Å². The molecular formula is C13H13BrFNO2. The van der Waals surface area contributed by atoms with Crippen LogP contribution in [0.2, 0.25) is 0 Å². The molecule has 3 nitrogen and oxygen atoms in total. The largest absolute Gasteiger partial charge is 0.278 e. The molecule has 2 rings (SSSR count). The van der Waals surface area contributed by atoms with Gasteiger partial charge in [0, 0.05) is 17.3 Å². The van der Waals surface area contributed by atoms with Crippen LogP contribution >= 0.6 is 15.9 Å². The number of imide groups is 1. The van der Waals surface area contributed by atoms with Crippen molar-refractivity contribution in [1.82, 2.24) is 4.90 Å². The van der Waals surface area contributed by atoms with Crippen LogP contribution in [0.15, 0.2) is 22.7 Å². The molecule has 0 aromatic heterocycles. The Kier molecular flexibility index (Phi) is 4.11. The Bertz CT molecular complexity index is 472. The number of carbonyl (C=O) groups is 2. The van der Waals surface area contributed by atoms with Crippen molar-refractivity contribution in [3.05, 3.63) is 34.1 Å². The Morgan fingerprint density at radius 2 is 1.78 bits per heavy atom. The van der Waals surface area contributed by atoms with Gasteiger partial charge in [0.1, 0.15) is 5.82 Å². The van der Waals surface area contributed by atoms with E-state index in [9.17, 15) is 14.0 Å². The predicted molar refractivity (Wildman–Crippen MR) is 68.1 cm³/mol. The van der Waals surface area contributed by atoms with Crippen molar-refractivity contribution < 1.29 is 14.0 Å². The van der Waals surface area contributed by atoms with Gasteiger partial charge < -0.3 is 0 Å². The number of carbonyl (C=O) groups excluding carboxylic acids is 2. The first-order valence-corrected chi connectivity index (χ1v) is 6.64. The van der Waals surface area contributed by atoms with Gasteiger partial charge in [-0.05, 0) is 30.5 Å². The van der Waals surface area contributed by atoms with Crippen molar-refractivity contribution in [2.45, 2.75) is 32.2 Å². The highest BCUT2D eigenvalue weighted by atomic mass is 79.9. The third-order valence-electron chi connectivity index (χ3n) is 2.98. The van der Waals surface area contributed by atoms with Crippen LogP contribution in [0.1, 0.15) is 31.2 Å². The summed E-state index contributed by atoms with van der Waals surface area (Å²) in [5, 5.41) is 0. The number of rotatable bonds is 2. The van der Waals surface area contributed by atoms with Crippen LogP contribution in [0.5, 0.6) is 0 Å². The highest BCUT2D eigenvalue weighted by Gasteiger charge is 2.24. The lowest BCUT2D eigenvalue weighted by Crippen LogP contribution is -2.34. The fraction of sp³-hybridized carbons (Fsp3) is 0.385. The minimum atomic E-state index is -0.348. The fourth-order valence-electron chi connectivity index (χ4n) is 1.96. The van der Waals surface area contributed by atoms with E-state index in [0.29, 0.717) is 17.3 Å². The van der Waals surface area contributed by atoms with E-state index in [2.05, 4.69) is 15.9 Å². The van der Waals surface area contributed by atoms with Crippen LogP contribution in [-0.4, -0.2) is 16.7 Å². The van der Waals surface area contributed by atoms with Gasteiger partial charge in [-0.25, -0.2) is 4.39 Å². The third kappa shape index (κ3) is 2.96. The topological polar surface area (TPSA) is 37.4 Å². The number of hydrogen-bond acceptors (Lipinski definition) is 2. The first-order chi connectivity index (χ1) is 8.58. The SMILES string of the molecule is O=C1CCCCC(=O)N1Cc1ccc(F)cc1Br. The highest BCUT2D eigenvalue weighted by Crippen LogP contribution is 2.22. The zero-order valence-electron chi connectivity index (χ0n) is 9.79. The maximum Gasteiger partial charge on any atom is 0.229 e. The average molecular weight is 314 g/mol. The number of halogens is 2. The number of likely N-dealkylation sites (tertiary alicyclic amines) is 1. The Balaban J connectivity index is 2.20. The minimum Gasteiger partial charge on any atom is -0.278 e. The molecule has 1 saturated heterocycles. The van der Waals surface area contributed by atoms with E-state index in [1.54, 1.807) is 6.07 Å². The summed E-state index contributed by atoms with van der Waals surface area (Å²) in [5.41, 5.74) is 0.736. The lowest BCUT2D eigenvalue weighted by atomic mass is 10.2. The number of hydrogen-bond donors (Lipinski definition) is 0. The van der Waals surface area contributed by atoms with Gasteiger partial charge >= 0.3 is 0 Å². The quantitative estimate of drug-likeness (QED) is 0.787. The standard InChI is InChI=1S/C13H13BrFNO2/c14-11-7-10(15)6-5-9(11)8-16-12(17)3-1-2-4-13(16)18/h5-7H,1-4,8H2. The first kappa shape index (κ1) is 13.2. The summed E-state index contributed by atoms with van der Waals surface area (Å²) in [6, 6.07) is 4.25. The molecule has 0 spiro atoms. The molecule has 0 unspecified atom stereocenters. The monoisotopic (exact) mass is 313 g/mol. The third-order valence-corrected chi connectivity index (χ3v) is 3.72. The summed E-state index contributed by atoms with van der Waals surface area (Å²) in [5.74, 6) is -0.637. The summed E-state index contributed by atoms with van der Waals surface area (Å²) in [6.07, 6.45) is 2.33. The van der Waals surface area contributed by atoms with E-state index in [-0.39, 0.29) is 24.2 Å². The van der Waals surface area contributed by atoms with Crippen LogP contribution < -0.4 is 0 Å². The molecular weight excluding hydrogens is 301 g/mol. The zero-order valence-corrected chi connectivity index (χ0v) is 11.4. The fourth-order valence-corrected chi connectivity index (χ4v) is 2.43. The summed E-state index contributed by atoms with van der Waals surface area (Å²) < 4.78 is 13.5. The van der Waals surface area contributed by atoms with Crippen LogP contribution in [0.3, 0.4) is 0 Å². The van der Waals surface area contributed by atoms with Crippen molar-refractivity contribution in [2.75, 3.05) is 0 Å². The van der Waals surface area contributed by atoms with Gasteiger partial charge in [-0.15, -0.1) is 0 Å². The molecule has 0 radical (unpaired) electrons. The van der Waals surface area contributed by atoms with Crippen LogP contribution in [-0.2, 0) is 16.1 Å². The first-order valence-electron chi connectivity index (χ1n) is 5.85. The van der Waals surface area contributed by atoms with E-state index in [1.807, 2.05) is 0 Å². The Labute approximate surface area is 113 Å². The minimum absolute atomic E-state index is 0.145. The lowest BCUT2D eigenvalue weighted by molar-refractivity contribution is -0.144.